The van der Waals surface area contributed by atoms with E-state index < -0.39 is 47.2 Å². The summed E-state index contributed by atoms with van der Waals surface area (Å²) in [5, 5.41) is 7.78. The minimum absolute atomic E-state index is 0.0511. The van der Waals surface area contributed by atoms with E-state index in [-0.39, 0.29) is 24.2 Å². The number of amides is 5. The van der Waals surface area contributed by atoms with E-state index >= 15 is 0 Å². The first-order chi connectivity index (χ1) is 22.6. The van der Waals surface area contributed by atoms with Crippen LogP contribution in [0.15, 0.2) is 30.3 Å². The molecule has 5 N–H and O–H groups in total. The number of carbonyl (C=O) groups excluding carboxylic acids is 5. The third-order valence-electron chi connectivity index (χ3n) is 7.30. The van der Waals surface area contributed by atoms with Crippen molar-refractivity contribution in [1.82, 2.24) is 20.9 Å². The van der Waals surface area contributed by atoms with Gasteiger partial charge >= 0.3 is 6.03 Å². The molecule has 5 unspecified atom stereocenters. The second-order valence-electron chi connectivity index (χ2n) is 12.9. The zero-order valence-corrected chi connectivity index (χ0v) is 32.8. The van der Waals surface area contributed by atoms with Gasteiger partial charge in [0.1, 0.15) is 12.1 Å². The van der Waals surface area contributed by atoms with Gasteiger partial charge in [0.2, 0.25) is 17.6 Å². The number of urea groups is 1. The number of nitrogens with one attached hydrogen (secondary N) is 3. The summed E-state index contributed by atoms with van der Waals surface area (Å²) in [6, 6.07) is 7.37. The molecule has 0 bridgehead atoms. The number of ketones is 1. The van der Waals surface area contributed by atoms with Crippen molar-refractivity contribution in [2.75, 3.05) is 13.6 Å². The van der Waals surface area contributed by atoms with Gasteiger partial charge in [-0.25, -0.2) is 4.79 Å². The molecule has 5 amide bonds. The standard InChI is InChI=1S/C22H39N5O5.C9H12.C3H8.2C2H6/c1-8-12(2)9-14(16(28)18(23)29)25-19(30)15-10-13(3)11-27(15)20(31)17(22(4,5)6)26-21(32)24-7;1-2-6-9-7-4-3-5-8-9;1-3-2;2*1-2/h12-15,17H,8-11H2,1-7H3,(H2,23,29)(H,25,30)(H2,24,26,32);3-5,7-8H,2,6H2,1H3;3H2,1-2H3;2*1-2H3. The molecule has 1 aliphatic heterocycles. The van der Waals surface area contributed by atoms with E-state index in [1.54, 1.807) is 0 Å². The van der Waals surface area contributed by atoms with Gasteiger partial charge in [-0.15, -0.1) is 0 Å². The predicted molar refractivity (Wildman–Crippen MR) is 199 cm³/mol. The van der Waals surface area contributed by atoms with Crippen LogP contribution in [0.4, 0.5) is 4.79 Å². The Balaban J connectivity index is -0.00000104. The molecule has 10 heteroatoms. The highest BCUT2D eigenvalue weighted by molar-refractivity contribution is 6.37. The van der Waals surface area contributed by atoms with E-state index in [9.17, 15) is 24.0 Å². The lowest BCUT2D eigenvalue weighted by Gasteiger charge is -2.35. The Bertz CT molecular complexity index is 1040. The van der Waals surface area contributed by atoms with Crippen LogP contribution in [0, 0.1) is 17.3 Å². The van der Waals surface area contributed by atoms with Crippen molar-refractivity contribution < 1.29 is 24.0 Å². The Morgan fingerprint density at radius 1 is 0.938 bits per heavy atom. The Kier molecular flexibility index (Phi) is 28.1. The molecule has 1 aliphatic rings. The molecule has 5 atom stereocenters. The summed E-state index contributed by atoms with van der Waals surface area (Å²) < 4.78 is 0. The molecule has 1 fully saturated rings. The van der Waals surface area contributed by atoms with E-state index in [1.807, 2.05) is 69.2 Å². The van der Waals surface area contributed by atoms with Gasteiger partial charge in [-0.05, 0) is 42.1 Å². The maximum absolute atomic E-state index is 13.4. The number of likely N-dealkylation sites (tertiary alicyclic amines) is 1. The molecule has 0 spiro atoms. The van der Waals surface area contributed by atoms with Crippen LogP contribution in [0.1, 0.15) is 128 Å². The van der Waals surface area contributed by atoms with Crippen molar-refractivity contribution in [3.05, 3.63) is 35.9 Å². The lowest BCUT2D eigenvalue weighted by atomic mass is 9.85. The summed E-state index contributed by atoms with van der Waals surface area (Å²) in [4.78, 5) is 63.7. The number of hydrogen-bond donors (Lipinski definition) is 4. The lowest BCUT2D eigenvalue weighted by Crippen LogP contribution is -2.59. The normalized spacial score (nSPS) is 16.6. The van der Waals surface area contributed by atoms with Crippen molar-refractivity contribution in [2.24, 2.45) is 23.0 Å². The molecule has 278 valence electrons. The first-order valence-corrected chi connectivity index (χ1v) is 18.0. The number of Topliss-reactive ketones (excluding diaryl/α,β-unsaturated/α-hetero) is 1. The Morgan fingerprint density at radius 3 is 1.88 bits per heavy atom. The summed E-state index contributed by atoms with van der Waals surface area (Å²) in [5.74, 6) is -2.69. The lowest BCUT2D eigenvalue weighted by molar-refractivity contribution is -0.143. The molecule has 1 aromatic carbocycles. The Hall–Kier alpha value is -3.43. The zero-order chi connectivity index (χ0) is 38.0. The third kappa shape index (κ3) is 19.4. The van der Waals surface area contributed by atoms with Crippen LogP contribution in [0.5, 0.6) is 0 Å². The van der Waals surface area contributed by atoms with Crippen molar-refractivity contribution in [3.63, 3.8) is 0 Å². The first-order valence-electron chi connectivity index (χ1n) is 18.0. The smallest absolute Gasteiger partial charge is 0.315 e. The number of nitrogens with zero attached hydrogens (tertiary/aromatic N) is 1. The first kappa shape index (κ1) is 49.0. The van der Waals surface area contributed by atoms with Gasteiger partial charge in [0.05, 0.1) is 6.04 Å². The highest BCUT2D eigenvalue weighted by atomic mass is 16.2. The van der Waals surface area contributed by atoms with E-state index in [4.69, 9.17) is 5.73 Å². The van der Waals surface area contributed by atoms with Crippen LogP contribution >= 0.6 is 0 Å². The van der Waals surface area contributed by atoms with E-state index in [2.05, 4.69) is 67.1 Å². The number of carbonyl (C=O) groups is 5. The fourth-order valence-electron chi connectivity index (χ4n) is 4.73. The number of rotatable bonds is 11. The number of benzene rings is 1. The van der Waals surface area contributed by atoms with Gasteiger partial charge in [-0.2, -0.15) is 0 Å². The zero-order valence-electron chi connectivity index (χ0n) is 32.8. The van der Waals surface area contributed by atoms with Crippen LogP contribution in [0.2, 0.25) is 0 Å². The van der Waals surface area contributed by atoms with Gasteiger partial charge in [0.25, 0.3) is 5.91 Å². The fourth-order valence-corrected chi connectivity index (χ4v) is 4.73. The van der Waals surface area contributed by atoms with Gasteiger partial charge in [0.15, 0.2) is 0 Å². The summed E-state index contributed by atoms with van der Waals surface area (Å²) in [6.45, 7) is 26.1. The molecule has 0 radical (unpaired) electrons. The molecule has 0 aliphatic carbocycles. The molecule has 1 aromatic rings. The minimum atomic E-state index is -1.10. The molecule has 0 aromatic heterocycles. The molecule has 0 saturated carbocycles. The van der Waals surface area contributed by atoms with Crippen molar-refractivity contribution in [3.8, 4) is 0 Å². The molecule has 2 rings (SSSR count). The molecule has 1 heterocycles. The van der Waals surface area contributed by atoms with E-state index in [0.29, 0.717) is 13.0 Å². The second kappa shape index (κ2) is 27.5. The molecule has 48 heavy (non-hydrogen) atoms. The van der Waals surface area contributed by atoms with Crippen molar-refractivity contribution in [2.45, 2.75) is 147 Å². The van der Waals surface area contributed by atoms with Crippen LogP contribution in [-0.4, -0.2) is 66.2 Å². The van der Waals surface area contributed by atoms with Gasteiger partial charge in [-0.1, -0.05) is 140 Å². The van der Waals surface area contributed by atoms with Crippen LogP contribution < -0.4 is 21.7 Å². The summed E-state index contributed by atoms with van der Waals surface area (Å²) >= 11 is 0. The number of nitrogens with two attached hydrogens (primary N) is 1. The topological polar surface area (TPSA) is 151 Å². The highest BCUT2D eigenvalue weighted by Crippen LogP contribution is 2.28. The Morgan fingerprint density at radius 2 is 1.46 bits per heavy atom. The van der Waals surface area contributed by atoms with Gasteiger partial charge in [0, 0.05) is 13.6 Å². The maximum Gasteiger partial charge on any atom is 0.315 e. The average Bonchev–Trinajstić information content (AvgIpc) is 3.46. The fraction of sp³-hybridized carbons (Fsp3) is 0.711. The highest BCUT2D eigenvalue weighted by Gasteiger charge is 2.44. The maximum atomic E-state index is 13.4. The Labute approximate surface area is 293 Å². The van der Waals surface area contributed by atoms with Gasteiger partial charge in [-0.3, -0.25) is 19.2 Å². The summed E-state index contributed by atoms with van der Waals surface area (Å²) in [6.07, 6.45) is 5.16. The molecular weight excluding hydrogens is 606 g/mol. The monoisotopic (exact) mass is 678 g/mol. The third-order valence-corrected chi connectivity index (χ3v) is 7.30. The number of primary amides is 1. The van der Waals surface area contributed by atoms with E-state index in [1.165, 1.54) is 36.8 Å². The van der Waals surface area contributed by atoms with Crippen LogP contribution in [0.3, 0.4) is 0 Å². The van der Waals surface area contributed by atoms with E-state index in [0.717, 1.165) is 6.42 Å². The molecular formula is C38H71N5O5. The minimum Gasteiger partial charge on any atom is -0.363 e. The summed E-state index contributed by atoms with van der Waals surface area (Å²) in [5.41, 5.74) is 6.02. The quantitative estimate of drug-likeness (QED) is 0.193. The van der Waals surface area contributed by atoms with Crippen LogP contribution in [0.25, 0.3) is 0 Å². The van der Waals surface area contributed by atoms with Gasteiger partial charge < -0.3 is 26.6 Å². The van der Waals surface area contributed by atoms with Crippen molar-refractivity contribution in [1.29, 1.82) is 0 Å². The SMILES string of the molecule is CC.CC.CCC.CCC(C)CC(NC(=O)C1CC(C)CN1C(=O)C(NC(=O)NC)C(C)(C)C)C(=O)C(N)=O.CCCc1ccccc1. The predicted octanol–water partition coefficient (Wildman–Crippen LogP) is 6.65. The molecule has 1 saturated heterocycles. The number of hydrogen-bond acceptors (Lipinski definition) is 5. The molecule has 10 nitrogen and oxygen atoms in total. The summed E-state index contributed by atoms with van der Waals surface area (Å²) in [7, 11) is 1.46. The largest absolute Gasteiger partial charge is 0.363 e. The van der Waals surface area contributed by atoms with Crippen molar-refractivity contribution >= 4 is 29.5 Å². The second-order valence-corrected chi connectivity index (χ2v) is 12.9. The number of aryl methyl sites for hydroxylation is 1. The average molecular weight is 678 g/mol. The van der Waals surface area contributed by atoms with Crippen LogP contribution in [-0.2, 0) is 25.6 Å².